The number of phenols is 1. The summed E-state index contributed by atoms with van der Waals surface area (Å²) in [6.45, 7) is 6.85. The van der Waals surface area contributed by atoms with Gasteiger partial charge in [-0.05, 0) is 56.9 Å². The first-order valence-electron chi connectivity index (χ1n) is 8.46. The molecule has 0 amide bonds. The Labute approximate surface area is 148 Å². The Bertz CT molecular complexity index is 836. The molecule has 3 rings (SSSR count). The molecule has 1 aromatic heterocycles. The highest BCUT2D eigenvalue weighted by atomic mass is 16.5. The predicted octanol–water partition coefficient (Wildman–Crippen LogP) is 3.89. The van der Waals surface area contributed by atoms with Crippen molar-refractivity contribution in [2.75, 3.05) is 12.3 Å². The average Bonchev–Trinajstić information content (AvgIpc) is 2.56. The molecule has 0 saturated carbocycles. The molecule has 0 bridgehead atoms. The summed E-state index contributed by atoms with van der Waals surface area (Å²) in [6.07, 6.45) is 1.75. The topological polar surface area (TPSA) is 92.2 Å². The molecule has 2 aromatic rings. The van der Waals surface area contributed by atoms with Crippen molar-refractivity contribution in [2.24, 2.45) is 0 Å². The summed E-state index contributed by atoms with van der Waals surface area (Å²) in [4.78, 5) is 4.59. The van der Waals surface area contributed by atoms with Gasteiger partial charge in [-0.2, -0.15) is 5.26 Å². The summed E-state index contributed by atoms with van der Waals surface area (Å²) >= 11 is 0. The van der Waals surface area contributed by atoms with E-state index in [9.17, 15) is 10.4 Å². The van der Waals surface area contributed by atoms with E-state index in [1.807, 2.05) is 6.92 Å². The van der Waals surface area contributed by atoms with Gasteiger partial charge in [-0.3, -0.25) is 0 Å². The third kappa shape index (κ3) is 3.31. The number of phenolic OH excluding ortho intramolecular Hbond substituents is 1. The van der Waals surface area contributed by atoms with Crippen LogP contribution in [0, 0.1) is 18.3 Å². The van der Waals surface area contributed by atoms with Crippen molar-refractivity contribution in [1.82, 2.24) is 4.98 Å². The van der Waals surface area contributed by atoms with Crippen molar-refractivity contribution in [3.05, 3.63) is 41.1 Å². The number of nitrogens with zero attached hydrogens (tertiary/aromatic N) is 2. The molecule has 5 heteroatoms. The first kappa shape index (κ1) is 17.2. The van der Waals surface area contributed by atoms with Gasteiger partial charge in [-0.25, -0.2) is 4.98 Å². The average molecular weight is 337 g/mol. The minimum atomic E-state index is -0.196. The molecule has 0 spiro atoms. The number of nitriles is 1. The smallest absolute Gasteiger partial charge is 0.142 e. The zero-order valence-corrected chi connectivity index (χ0v) is 14.8. The van der Waals surface area contributed by atoms with Gasteiger partial charge in [0, 0.05) is 23.8 Å². The number of nitrogens with two attached hydrogens (primary N) is 1. The Morgan fingerprint density at radius 1 is 1.32 bits per heavy atom. The lowest BCUT2D eigenvalue weighted by atomic mass is 9.82. The maximum Gasteiger partial charge on any atom is 0.142 e. The van der Waals surface area contributed by atoms with E-state index in [0.29, 0.717) is 12.2 Å². The number of aromatic nitrogens is 1. The third-order valence-electron chi connectivity index (χ3n) is 4.86. The van der Waals surface area contributed by atoms with Gasteiger partial charge in [-0.15, -0.1) is 0 Å². The Morgan fingerprint density at radius 3 is 2.60 bits per heavy atom. The van der Waals surface area contributed by atoms with Crippen LogP contribution in [0.15, 0.2) is 24.3 Å². The monoisotopic (exact) mass is 337 g/mol. The third-order valence-corrected chi connectivity index (χ3v) is 4.86. The van der Waals surface area contributed by atoms with Crippen LogP contribution in [0.4, 0.5) is 5.82 Å². The highest BCUT2D eigenvalue weighted by Crippen LogP contribution is 2.40. The van der Waals surface area contributed by atoms with Crippen LogP contribution in [-0.2, 0) is 4.74 Å². The lowest BCUT2D eigenvalue weighted by Crippen LogP contribution is -2.33. The van der Waals surface area contributed by atoms with E-state index in [1.54, 1.807) is 24.3 Å². The summed E-state index contributed by atoms with van der Waals surface area (Å²) in [5.74, 6) is 0.693. The van der Waals surface area contributed by atoms with E-state index >= 15 is 0 Å². The summed E-state index contributed by atoms with van der Waals surface area (Å²) in [5, 5.41) is 19.1. The Hall–Kier alpha value is -2.58. The number of pyridine rings is 1. The standard InChI is InChI=1S/C20H23N3O2/c1-12-17(13-4-6-15(24)7-5-13)16(11-21)19(22)23-18(12)14-8-9-25-20(2,3)10-14/h4-7,14,24H,8-10H2,1-3H3,(H2,22,23)/t14-/m1/s1. The number of ether oxygens (including phenoxy) is 1. The molecule has 1 fully saturated rings. The van der Waals surface area contributed by atoms with E-state index in [-0.39, 0.29) is 23.1 Å². The highest BCUT2D eigenvalue weighted by molar-refractivity contribution is 5.79. The quantitative estimate of drug-likeness (QED) is 0.867. The van der Waals surface area contributed by atoms with Crippen LogP contribution < -0.4 is 5.73 Å². The Kier molecular flexibility index (Phi) is 4.40. The fourth-order valence-corrected chi connectivity index (χ4v) is 3.68. The molecule has 1 aliphatic heterocycles. The molecular weight excluding hydrogens is 314 g/mol. The first-order valence-corrected chi connectivity index (χ1v) is 8.46. The molecule has 25 heavy (non-hydrogen) atoms. The summed E-state index contributed by atoms with van der Waals surface area (Å²) in [5.41, 5.74) is 9.89. The lowest BCUT2D eigenvalue weighted by Gasteiger charge is -2.36. The Balaban J connectivity index is 2.16. The van der Waals surface area contributed by atoms with Gasteiger partial charge >= 0.3 is 0 Å². The van der Waals surface area contributed by atoms with Crippen molar-refractivity contribution >= 4 is 5.82 Å². The van der Waals surface area contributed by atoms with Crippen molar-refractivity contribution in [1.29, 1.82) is 5.26 Å². The maximum atomic E-state index is 9.58. The molecule has 0 unspecified atom stereocenters. The highest BCUT2D eigenvalue weighted by Gasteiger charge is 2.32. The minimum Gasteiger partial charge on any atom is -0.508 e. The first-order chi connectivity index (χ1) is 11.8. The minimum absolute atomic E-state index is 0.188. The molecule has 0 aliphatic carbocycles. The van der Waals surface area contributed by atoms with Gasteiger partial charge < -0.3 is 15.6 Å². The van der Waals surface area contributed by atoms with Crippen molar-refractivity contribution in [3.8, 4) is 22.9 Å². The van der Waals surface area contributed by atoms with E-state index in [1.165, 1.54) is 0 Å². The second-order valence-electron chi connectivity index (χ2n) is 7.21. The zero-order valence-electron chi connectivity index (χ0n) is 14.8. The summed E-state index contributed by atoms with van der Waals surface area (Å²) < 4.78 is 5.82. The van der Waals surface area contributed by atoms with Crippen LogP contribution in [0.3, 0.4) is 0 Å². The Morgan fingerprint density at radius 2 is 2.00 bits per heavy atom. The van der Waals surface area contributed by atoms with Gasteiger partial charge in [0.2, 0.25) is 0 Å². The fourth-order valence-electron chi connectivity index (χ4n) is 3.68. The molecule has 2 heterocycles. The normalized spacial score (nSPS) is 19.4. The molecule has 1 saturated heterocycles. The number of anilines is 1. The number of rotatable bonds is 2. The zero-order chi connectivity index (χ0) is 18.2. The van der Waals surface area contributed by atoms with Gasteiger partial charge in [-0.1, -0.05) is 12.1 Å². The van der Waals surface area contributed by atoms with E-state index < -0.39 is 0 Å². The maximum absolute atomic E-state index is 9.58. The molecule has 130 valence electrons. The molecule has 5 nitrogen and oxygen atoms in total. The van der Waals surface area contributed by atoms with Gasteiger partial charge in [0.25, 0.3) is 0 Å². The van der Waals surface area contributed by atoms with Gasteiger partial charge in [0.1, 0.15) is 23.2 Å². The van der Waals surface area contributed by atoms with Gasteiger partial charge in [0.05, 0.1) is 5.60 Å². The molecule has 1 atom stereocenters. The van der Waals surface area contributed by atoms with E-state index in [4.69, 9.17) is 10.5 Å². The van der Waals surface area contributed by atoms with Crippen molar-refractivity contribution in [3.63, 3.8) is 0 Å². The lowest BCUT2D eigenvalue weighted by molar-refractivity contribution is -0.0598. The van der Waals surface area contributed by atoms with Crippen molar-refractivity contribution in [2.45, 2.75) is 45.1 Å². The fraction of sp³-hybridized carbons (Fsp3) is 0.400. The second kappa shape index (κ2) is 6.38. The molecule has 0 radical (unpaired) electrons. The van der Waals surface area contributed by atoms with Gasteiger partial charge in [0.15, 0.2) is 0 Å². The molecule has 3 N–H and O–H groups in total. The van der Waals surface area contributed by atoms with Crippen LogP contribution in [0.5, 0.6) is 5.75 Å². The van der Waals surface area contributed by atoms with Crippen LogP contribution in [0.1, 0.15) is 49.4 Å². The number of aromatic hydroxyl groups is 1. The summed E-state index contributed by atoms with van der Waals surface area (Å²) in [7, 11) is 0. The second-order valence-corrected chi connectivity index (χ2v) is 7.21. The van der Waals surface area contributed by atoms with Crippen LogP contribution >= 0.6 is 0 Å². The number of hydrogen-bond donors (Lipinski definition) is 2. The molecule has 1 aliphatic rings. The van der Waals surface area contributed by atoms with Crippen LogP contribution in [0.25, 0.3) is 11.1 Å². The van der Waals surface area contributed by atoms with Crippen molar-refractivity contribution < 1.29 is 9.84 Å². The molecule has 1 aromatic carbocycles. The number of nitrogen functional groups attached to an aromatic ring is 1. The van der Waals surface area contributed by atoms with E-state index in [0.717, 1.165) is 35.2 Å². The van der Waals surface area contributed by atoms with E-state index in [2.05, 4.69) is 24.9 Å². The largest absolute Gasteiger partial charge is 0.508 e. The van der Waals surface area contributed by atoms with Crippen LogP contribution in [-0.4, -0.2) is 22.3 Å². The number of benzene rings is 1. The molecular formula is C20H23N3O2. The number of hydrogen-bond acceptors (Lipinski definition) is 5. The summed E-state index contributed by atoms with van der Waals surface area (Å²) in [6, 6.07) is 9.02. The SMILES string of the molecule is Cc1c([C@@H]2CCOC(C)(C)C2)nc(N)c(C#N)c1-c1ccc(O)cc1. The van der Waals surface area contributed by atoms with Crippen LogP contribution in [0.2, 0.25) is 0 Å². The predicted molar refractivity (Wildman–Crippen MR) is 97.2 cm³/mol.